The molecule has 0 radical (unpaired) electrons. The van der Waals surface area contributed by atoms with Gasteiger partial charge in [-0.25, -0.2) is 13.1 Å². The second kappa shape index (κ2) is 4.57. The first-order chi connectivity index (χ1) is 9.03. The van der Waals surface area contributed by atoms with Gasteiger partial charge in [-0.3, -0.25) is 5.10 Å². The number of hydrogen-bond donors (Lipinski definition) is 3. The summed E-state index contributed by atoms with van der Waals surface area (Å²) in [5.74, 6) is 1.03. The summed E-state index contributed by atoms with van der Waals surface area (Å²) in [6.07, 6.45) is 4.53. The predicted molar refractivity (Wildman–Crippen MR) is 70.8 cm³/mol. The summed E-state index contributed by atoms with van der Waals surface area (Å²) < 4.78 is 27.8. The van der Waals surface area contributed by atoms with Gasteiger partial charge in [-0.1, -0.05) is 0 Å². The van der Waals surface area contributed by atoms with Crippen LogP contribution in [0.2, 0.25) is 0 Å². The number of aromatic nitrogens is 2. The van der Waals surface area contributed by atoms with E-state index in [1.54, 1.807) is 6.92 Å². The van der Waals surface area contributed by atoms with E-state index in [2.05, 4.69) is 14.9 Å². The zero-order valence-electron chi connectivity index (χ0n) is 11.0. The minimum Gasteiger partial charge on any atom is -0.326 e. The number of hydrogen-bond acceptors (Lipinski definition) is 4. The van der Waals surface area contributed by atoms with Crippen molar-refractivity contribution < 1.29 is 8.42 Å². The largest absolute Gasteiger partial charge is 0.326 e. The summed E-state index contributed by atoms with van der Waals surface area (Å²) in [7, 11) is -3.56. The van der Waals surface area contributed by atoms with Crippen LogP contribution < -0.4 is 10.5 Å². The molecule has 4 N–H and O–H groups in total. The monoisotopic (exact) mass is 284 g/mol. The lowest BCUT2D eigenvalue weighted by Gasteiger charge is -2.17. The number of aryl methyl sites for hydroxylation is 1. The summed E-state index contributed by atoms with van der Waals surface area (Å²) in [4.78, 5) is 0. The molecule has 0 amide bonds. The minimum atomic E-state index is -3.56. The van der Waals surface area contributed by atoms with Crippen molar-refractivity contribution in [2.24, 2.45) is 17.6 Å². The van der Waals surface area contributed by atoms with Crippen LogP contribution >= 0.6 is 0 Å². The van der Waals surface area contributed by atoms with Crippen LogP contribution in [0.5, 0.6) is 0 Å². The van der Waals surface area contributed by atoms with Crippen molar-refractivity contribution in [1.82, 2.24) is 14.9 Å². The third kappa shape index (κ3) is 2.54. The van der Waals surface area contributed by atoms with Gasteiger partial charge in [0.2, 0.25) is 0 Å². The molecule has 2 aliphatic rings. The lowest BCUT2D eigenvalue weighted by Crippen LogP contribution is -2.38. The van der Waals surface area contributed by atoms with Crippen LogP contribution in [0.1, 0.15) is 36.9 Å². The number of nitrogens with two attached hydrogens (primary N) is 1. The molecule has 106 valence electrons. The average molecular weight is 284 g/mol. The molecule has 1 aromatic rings. The fraction of sp³-hybridized carbons (Fsp3) is 0.750. The second-order valence-corrected chi connectivity index (χ2v) is 7.29. The van der Waals surface area contributed by atoms with E-state index in [-0.39, 0.29) is 17.6 Å². The number of H-pyrrole nitrogens is 1. The number of aromatic amines is 1. The Morgan fingerprint density at radius 2 is 1.95 bits per heavy atom. The third-order valence-corrected chi connectivity index (χ3v) is 5.47. The van der Waals surface area contributed by atoms with E-state index in [1.165, 1.54) is 0 Å². The van der Waals surface area contributed by atoms with Gasteiger partial charge in [-0.05, 0) is 44.4 Å². The molecule has 19 heavy (non-hydrogen) atoms. The van der Waals surface area contributed by atoms with Gasteiger partial charge in [-0.15, -0.1) is 0 Å². The molecule has 2 saturated carbocycles. The normalized spacial score (nSPS) is 20.2. The molecular formula is C12H20N4O2S. The number of nitrogens with one attached hydrogen (secondary N) is 2. The standard InChI is InChI=1S/C12H20N4O2S/c1-7-10(6-13)12(15-14-7)19(17,18)16-11(8-2-3-8)9-4-5-9/h8-9,11,16H,2-6,13H2,1H3,(H,14,15). The lowest BCUT2D eigenvalue weighted by molar-refractivity contribution is 0.469. The van der Waals surface area contributed by atoms with Crippen LogP contribution in [0.3, 0.4) is 0 Å². The molecule has 3 rings (SSSR count). The molecule has 7 heteroatoms. The molecule has 6 nitrogen and oxygen atoms in total. The van der Waals surface area contributed by atoms with Crippen molar-refractivity contribution in [1.29, 1.82) is 0 Å². The first-order valence-corrected chi connectivity index (χ1v) is 8.27. The molecule has 0 unspecified atom stereocenters. The third-order valence-electron chi connectivity index (χ3n) is 4.05. The van der Waals surface area contributed by atoms with Crippen LogP contribution in [0.15, 0.2) is 5.03 Å². The van der Waals surface area contributed by atoms with E-state index in [4.69, 9.17) is 5.73 Å². The minimum absolute atomic E-state index is 0.0683. The van der Waals surface area contributed by atoms with Crippen molar-refractivity contribution in [3.05, 3.63) is 11.3 Å². The van der Waals surface area contributed by atoms with Gasteiger partial charge in [0, 0.05) is 23.8 Å². The summed E-state index contributed by atoms with van der Waals surface area (Å²) >= 11 is 0. The van der Waals surface area contributed by atoms with Crippen LogP contribution in [0.4, 0.5) is 0 Å². The highest BCUT2D eigenvalue weighted by atomic mass is 32.2. The molecule has 0 spiro atoms. The van der Waals surface area contributed by atoms with E-state index in [0.717, 1.165) is 31.4 Å². The van der Waals surface area contributed by atoms with Gasteiger partial charge in [0.15, 0.2) is 5.03 Å². The summed E-state index contributed by atoms with van der Waals surface area (Å²) in [5, 5.41) is 6.69. The van der Waals surface area contributed by atoms with Crippen molar-refractivity contribution in [2.45, 2.75) is 50.2 Å². The first-order valence-electron chi connectivity index (χ1n) is 6.79. The maximum atomic E-state index is 12.5. The summed E-state index contributed by atoms with van der Waals surface area (Å²) in [5.41, 5.74) is 6.92. The molecule has 2 fully saturated rings. The Kier molecular flexibility index (Phi) is 3.15. The van der Waals surface area contributed by atoms with Gasteiger partial charge in [0.05, 0.1) is 0 Å². The van der Waals surface area contributed by atoms with E-state index in [1.807, 2.05) is 0 Å². The van der Waals surface area contributed by atoms with Gasteiger partial charge >= 0.3 is 0 Å². The molecule has 0 atom stereocenters. The Morgan fingerprint density at radius 3 is 2.42 bits per heavy atom. The Morgan fingerprint density at radius 1 is 1.37 bits per heavy atom. The van der Waals surface area contributed by atoms with Crippen LogP contribution in [-0.2, 0) is 16.6 Å². The lowest BCUT2D eigenvalue weighted by atomic mass is 10.1. The number of nitrogens with zero attached hydrogens (tertiary/aromatic N) is 1. The fourth-order valence-electron chi connectivity index (χ4n) is 2.62. The van der Waals surface area contributed by atoms with Gasteiger partial charge in [0.1, 0.15) is 0 Å². The Labute approximate surface area is 113 Å². The zero-order chi connectivity index (χ0) is 13.6. The maximum absolute atomic E-state index is 12.5. The van der Waals surface area contributed by atoms with Gasteiger partial charge in [-0.2, -0.15) is 5.10 Å². The van der Waals surface area contributed by atoms with E-state index in [0.29, 0.717) is 17.4 Å². The SMILES string of the molecule is Cc1[nH]nc(S(=O)(=O)NC(C2CC2)C2CC2)c1CN. The quantitative estimate of drug-likeness (QED) is 0.713. The molecule has 2 aliphatic carbocycles. The number of sulfonamides is 1. The Hall–Kier alpha value is -0.920. The molecule has 0 saturated heterocycles. The van der Waals surface area contributed by atoms with Crippen molar-refractivity contribution in [3.8, 4) is 0 Å². The Bertz CT molecular complexity index is 561. The van der Waals surface area contributed by atoms with Crippen molar-refractivity contribution in [3.63, 3.8) is 0 Å². The Balaban J connectivity index is 1.85. The molecule has 0 aromatic carbocycles. The van der Waals surface area contributed by atoms with E-state index >= 15 is 0 Å². The van der Waals surface area contributed by atoms with E-state index in [9.17, 15) is 8.42 Å². The molecular weight excluding hydrogens is 264 g/mol. The fourth-order valence-corrected chi connectivity index (χ4v) is 4.20. The first kappa shape index (κ1) is 13.1. The molecule has 1 heterocycles. The van der Waals surface area contributed by atoms with Crippen LogP contribution in [-0.4, -0.2) is 24.7 Å². The molecule has 0 aliphatic heterocycles. The second-order valence-electron chi connectivity index (χ2n) is 5.66. The smallest absolute Gasteiger partial charge is 0.260 e. The van der Waals surface area contributed by atoms with Gasteiger partial charge < -0.3 is 5.73 Å². The zero-order valence-corrected chi connectivity index (χ0v) is 11.8. The highest BCUT2D eigenvalue weighted by molar-refractivity contribution is 7.89. The highest BCUT2D eigenvalue weighted by Crippen LogP contribution is 2.45. The average Bonchev–Trinajstić information content (AvgIpc) is 3.24. The van der Waals surface area contributed by atoms with Crippen LogP contribution in [0.25, 0.3) is 0 Å². The maximum Gasteiger partial charge on any atom is 0.260 e. The summed E-state index contributed by atoms with van der Waals surface area (Å²) in [6.45, 7) is 1.96. The van der Waals surface area contributed by atoms with Gasteiger partial charge in [0.25, 0.3) is 10.0 Å². The topological polar surface area (TPSA) is 101 Å². The van der Waals surface area contributed by atoms with E-state index < -0.39 is 10.0 Å². The number of rotatable bonds is 6. The molecule has 1 aromatic heterocycles. The summed E-state index contributed by atoms with van der Waals surface area (Å²) in [6, 6.07) is 0.0904. The highest BCUT2D eigenvalue weighted by Gasteiger charge is 2.44. The van der Waals surface area contributed by atoms with Crippen LogP contribution in [0, 0.1) is 18.8 Å². The van der Waals surface area contributed by atoms with Crippen molar-refractivity contribution in [2.75, 3.05) is 0 Å². The van der Waals surface area contributed by atoms with Crippen molar-refractivity contribution >= 4 is 10.0 Å². The predicted octanol–water partition coefficient (Wildman–Crippen LogP) is 0.644. The molecule has 0 bridgehead atoms.